The predicted octanol–water partition coefficient (Wildman–Crippen LogP) is 14.5. The number of allylic oxidation sites excluding steroid dienone is 4. The fourth-order valence-electron chi connectivity index (χ4n) is 7.18. The molecular weight excluding hydrogens is 842 g/mol. The van der Waals surface area contributed by atoms with Crippen molar-refractivity contribution in [1.82, 2.24) is 5.32 Å². The van der Waals surface area contributed by atoms with E-state index in [1.807, 2.05) is 21.6 Å². The summed E-state index contributed by atoms with van der Waals surface area (Å²) >= 11 is 0. The lowest BCUT2D eigenvalue weighted by Gasteiger charge is -2.20. The molecule has 0 spiro atoms. The van der Waals surface area contributed by atoms with Crippen LogP contribution in [0.1, 0.15) is 226 Å². The van der Waals surface area contributed by atoms with Crippen molar-refractivity contribution in [1.29, 1.82) is 0 Å². The molecule has 0 bridgehead atoms. The van der Waals surface area contributed by atoms with Crippen LogP contribution >= 0.6 is 29.4 Å². The molecule has 0 aliphatic carbocycles. The van der Waals surface area contributed by atoms with Crippen molar-refractivity contribution in [2.24, 2.45) is 0 Å². The zero-order chi connectivity index (χ0) is 45.0. The van der Waals surface area contributed by atoms with Gasteiger partial charge in [0.05, 0.1) is 13.2 Å². The van der Waals surface area contributed by atoms with E-state index in [0.29, 0.717) is 24.5 Å². The van der Waals surface area contributed by atoms with Crippen molar-refractivity contribution in [3.8, 4) is 0 Å². The quantitative estimate of drug-likeness (QED) is 0.0198. The maximum absolute atomic E-state index is 12.8. The first-order valence-electron chi connectivity index (χ1n) is 25.1. The van der Waals surface area contributed by atoms with Gasteiger partial charge in [-0.15, -0.1) is 0 Å². The molecule has 1 heterocycles. The van der Waals surface area contributed by atoms with E-state index in [1.54, 1.807) is 0 Å². The topological polar surface area (TPSA) is 137 Å². The van der Waals surface area contributed by atoms with Crippen molar-refractivity contribution < 1.29 is 42.4 Å². The molecule has 13 heteroatoms. The lowest BCUT2D eigenvalue weighted by atomic mass is 10.1. The van der Waals surface area contributed by atoms with Crippen LogP contribution in [0.25, 0.3) is 0 Å². The van der Waals surface area contributed by atoms with Crippen molar-refractivity contribution in [2.45, 2.75) is 237 Å². The molecule has 1 saturated heterocycles. The summed E-state index contributed by atoms with van der Waals surface area (Å²) < 4.78 is 33.9. The van der Waals surface area contributed by atoms with E-state index in [9.17, 15) is 23.8 Å². The largest absolute Gasteiger partial charge is 0.472 e. The van der Waals surface area contributed by atoms with Crippen LogP contribution in [0.4, 0.5) is 0 Å². The highest BCUT2D eigenvalue weighted by Crippen LogP contribution is 2.43. The number of esters is 2. The Morgan fingerprint density at radius 1 is 0.629 bits per heavy atom. The number of phosphoric acid groups is 1. The van der Waals surface area contributed by atoms with Crippen LogP contribution in [-0.2, 0) is 37.5 Å². The van der Waals surface area contributed by atoms with Gasteiger partial charge in [-0.2, -0.15) is 0 Å². The number of nitrogens with one attached hydrogen (secondary N) is 1. The number of carbonyl (C=O) groups excluding carboxylic acids is 3. The Morgan fingerprint density at radius 3 is 1.63 bits per heavy atom. The lowest BCUT2D eigenvalue weighted by Crippen LogP contribution is -2.30. The number of carbonyl (C=O) groups is 3. The van der Waals surface area contributed by atoms with Crippen LogP contribution in [0, 0.1) is 0 Å². The highest BCUT2D eigenvalue weighted by atomic mass is 33.1. The summed E-state index contributed by atoms with van der Waals surface area (Å²) in [6.45, 7) is 3.57. The van der Waals surface area contributed by atoms with Gasteiger partial charge < -0.3 is 19.7 Å². The fraction of sp³-hybridized carbons (Fsp3) is 0.857. The summed E-state index contributed by atoms with van der Waals surface area (Å²) in [5, 5.41) is 3.40. The fourth-order valence-corrected chi connectivity index (χ4v) is 11.0. The average molecular weight is 932 g/mol. The van der Waals surface area contributed by atoms with Gasteiger partial charge >= 0.3 is 19.8 Å². The highest BCUT2D eigenvalue weighted by molar-refractivity contribution is 8.77. The molecule has 2 N–H and O–H groups in total. The molecule has 3 unspecified atom stereocenters. The van der Waals surface area contributed by atoms with E-state index in [2.05, 4.69) is 43.5 Å². The second-order valence-electron chi connectivity index (χ2n) is 17.0. The minimum absolute atomic E-state index is 0.0597. The Balaban J connectivity index is 2.36. The molecule has 0 saturated carbocycles. The summed E-state index contributed by atoms with van der Waals surface area (Å²) in [4.78, 5) is 47.9. The van der Waals surface area contributed by atoms with Crippen LogP contribution in [-0.4, -0.2) is 66.2 Å². The van der Waals surface area contributed by atoms with Crippen molar-refractivity contribution in [3.05, 3.63) is 24.3 Å². The van der Waals surface area contributed by atoms with Gasteiger partial charge in [0.25, 0.3) is 0 Å². The van der Waals surface area contributed by atoms with E-state index in [4.69, 9.17) is 18.5 Å². The third kappa shape index (κ3) is 40.2. The number of ether oxygens (including phenoxy) is 2. The van der Waals surface area contributed by atoms with Crippen molar-refractivity contribution >= 4 is 47.3 Å². The van der Waals surface area contributed by atoms with Crippen LogP contribution in [0.3, 0.4) is 0 Å². The molecule has 1 fully saturated rings. The number of unbranched alkanes of at least 4 members (excludes halogenated alkanes) is 23. The molecule has 1 aliphatic rings. The summed E-state index contributed by atoms with van der Waals surface area (Å²) in [6, 6.07) is 0. The van der Waals surface area contributed by atoms with Crippen LogP contribution in [0.15, 0.2) is 24.3 Å². The van der Waals surface area contributed by atoms with Gasteiger partial charge in [0.15, 0.2) is 6.10 Å². The van der Waals surface area contributed by atoms with E-state index in [0.717, 1.165) is 83.5 Å². The number of phosphoric ester groups is 1. The van der Waals surface area contributed by atoms with Crippen molar-refractivity contribution in [3.63, 3.8) is 0 Å². The molecule has 0 aromatic carbocycles. The summed E-state index contributed by atoms with van der Waals surface area (Å²) in [7, 11) is -0.678. The Hall–Kier alpha value is -1.30. The van der Waals surface area contributed by atoms with E-state index in [-0.39, 0.29) is 38.5 Å². The molecule has 10 nitrogen and oxygen atoms in total. The van der Waals surface area contributed by atoms with Gasteiger partial charge in [-0.3, -0.25) is 23.4 Å². The Morgan fingerprint density at radius 2 is 1.11 bits per heavy atom. The second kappa shape index (κ2) is 43.6. The van der Waals surface area contributed by atoms with Gasteiger partial charge in [0.1, 0.15) is 6.61 Å². The minimum atomic E-state index is -4.53. The third-order valence-corrected chi connectivity index (χ3v) is 15.0. The van der Waals surface area contributed by atoms with Gasteiger partial charge in [0.2, 0.25) is 5.91 Å². The molecule has 3 atom stereocenters. The van der Waals surface area contributed by atoms with Crippen molar-refractivity contribution in [2.75, 3.05) is 32.1 Å². The number of amides is 1. The van der Waals surface area contributed by atoms with Gasteiger partial charge in [0, 0.05) is 36.8 Å². The van der Waals surface area contributed by atoms with Gasteiger partial charge in [-0.1, -0.05) is 169 Å². The molecule has 0 aromatic rings. The molecule has 1 rings (SSSR count). The zero-order valence-corrected chi connectivity index (χ0v) is 41.8. The molecule has 1 amide bonds. The van der Waals surface area contributed by atoms with Crippen LogP contribution in [0.5, 0.6) is 0 Å². The van der Waals surface area contributed by atoms with Crippen LogP contribution < -0.4 is 5.32 Å². The van der Waals surface area contributed by atoms with E-state index >= 15 is 0 Å². The normalized spacial score (nSPS) is 15.6. The molecule has 362 valence electrons. The number of rotatable bonds is 45. The average Bonchev–Trinajstić information content (AvgIpc) is 3.78. The highest BCUT2D eigenvalue weighted by Gasteiger charge is 2.26. The molecule has 62 heavy (non-hydrogen) atoms. The molecular formula is C49H90NO9PS2. The summed E-state index contributed by atoms with van der Waals surface area (Å²) in [5.74, 6) is 0.195. The maximum atomic E-state index is 12.8. The first-order chi connectivity index (χ1) is 30.3. The Labute approximate surface area is 386 Å². The predicted molar refractivity (Wildman–Crippen MR) is 261 cm³/mol. The number of hydrogen-bond donors (Lipinski definition) is 2. The minimum Gasteiger partial charge on any atom is -0.462 e. The zero-order valence-electron chi connectivity index (χ0n) is 39.3. The summed E-state index contributed by atoms with van der Waals surface area (Å²) in [5.41, 5.74) is 0. The Bertz CT molecular complexity index is 1180. The molecule has 0 radical (unpaired) electrons. The molecule has 0 aromatic heterocycles. The standard InChI is InChI=1S/C49H90NO9PS2/c1-3-5-7-9-11-13-15-17-19-21-23-25-27-29-31-37-48(52)56-43-45(59-49(53)38-32-30-28-26-24-22-20-18-16-14-12-10-8-6-4-2)44-58-60(54,55)57-41-40-50-47(51)36-34-33-35-46-39-42-61-62-46/h17-20,45-46H,3-16,21-44H2,1-2H3,(H,50,51)(H,54,55)/b19-17+,20-18+. The Kier molecular flexibility index (Phi) is 41.3. The second-order valence-corrected chi connectivity index (χ2v) is 21.2. The monoisotopic (exact) mass is 932 g/mol. The van der Waals surface area contributed by atoms with E-state index in [1.165, 1.54) is 102 Å². The van der Waals surface area contributed by atoms with Crippen LogP contribution in [0.2, 0.25) is 0 Å². The SMILES string of the molecule is CCCCCCCC/C=C/CCCCCCCC(=O)OCC(COP(=O)(O)OCCNC(=O)CCCCC1CCSS1)OC(=O)CCCCCCC/C=C/CCCCCCCC. The lowest BCUT2D eigenvalue weighted by molar-refractivity contribution is -0.161. The van der Waals surface area contributed by atoms with E-state index < -0.39 is 32.5 Å². The summed E-state index contributed by atoms with van der Waals surface area (Å²) in [6.07, 6.45) is 43.3. The smallest absolute Gasteiger partial charge is 0.462 e. The third-order valence-electron chi connectivity index (χ3n) is 11.0. The number of hydrogen-bond acceptors (Lipinski definition) is 10. The molecule has 1 aliphatic heterocycles. The van der Waals surface area contributed by atoms with Gasteiger partial charge in [-0.25, -0.2) is 4.57 Å². The first kappa shape index (κ1) is 58.7. The first-order valence-corrected chi connectivity index (χ1v) is 28.9. The van der Waals surface area contributed by atoms with Gasteiger partial charge in [-0.05, 0) is 83.5 Å². The maximum Gasteiger partial charge on any atom is 0.472 e.